The van der Waals surface area contributed by atoms with E-state index in [0.717, 1.165) is 23.9 Å². The molecule has 0 spiro atoms. The summed E-state index contributed by atoms with van der Waals surface area (Å²) in [6.07, 6.45) is 1.56. The number of benzene rings is 1. The number of nitrogens with one attached hydrogen (secondary N) is 1. The molecule has 3 heterocycles. The van der Waals surface area contributed by atoms with Crippen LogP contribution in [0, 0.1) is 6.92 Å². The Morgan fingerprint density at radius 2 is 2.11 bits per heavy atom. The van der Waals surface area contributed by atoms with Crippen LogP contribution in [0.3, 0.4) is 0 Å². The van der Waals surface area contributed by atoms with Crippen molar-refractivity contribution in [3.63, 3.8) is 0 Å². The number of piperidine rings is 1. The number of likely N-dealkylation sites (tertiary alicyclic amines) is 1. The van der Waals surface area contributed by atoms with Crippen LogP contribution in [0.1, 0.15) is 30.6 Å². The van der Waals surface area contributed by atoms with Crippen molar-refractivity contribution in [2.24, 2.45) is 0 Å². The molecule has 0 aliphatic carbocycles. The van der Waals surface area contributed by atoms with Crippen LogP contribution in [0.4, 0.5) is 0 Å². The molecule has 0 unspecified atom stereocenters. The van der Waals surface area contributed by atoms with Crippen LogP contribution in [0.25, 0.3) is 11.0 Å². The summed E-state index contributed by atoms with van der Waals surface area (Å²) in [5, 5.41) is 3.83. The number of aromatic nitrogens is 4. The summed E-state index contributed by atoms with van der Waals surface area (Å²) in [5.74, 6) is 2.22. The van der Waals surface area contributed by atoms with Crippen molar-refractivity contribution in [2.45, 2.75) is 31.6 Å². The molecule has 3 aromatic rings. The highest BCUT2D eigenvalue weighted by molar-refractivity contribution is 7.99. The van der Waals surface area contributed by atoms with Crippen LogP contribution in [0.5, 0.6) is 0 Å². The van der Waals surface area contributed by atoms with E-state index < -0.39 is 0 Å². The summed E-state index contributed by atoms with van der Waals surface area (Å²) in [4.78, 5) is 33.7. The third-order valence-corrected chi connectivity index (χ3v) is 5.75. The van der Waals surface area contributed by atoms with Gasteiger partial charge in [0.15, 0.2) is 5.82 Å². The monoisotopic (exact) mass is 387 g/mol. The molecular formula is C18H21N5O3S. The van der Waals surface area contributed by atoms with Crippen molar-refractivity contribution in [2.75, 3.05) is 18.8 Å². The van der Waals surface area contributed by atoms with Gasteiger partial charge in [-0.2, -0.15) is 4.98 Å². The van der Waals surface area contributed by atoms with Crippen LogP contribution in [0.15, 0.2) is 33.6 Å². The molecular weight excluding hydrogens is 366 g/mol. The number of carbonyl (C=O) groups is 1. The van der Waals surface area contributed by atoms with Crippen LogP contribution in [-0.4, -0.2) is 49.3 Å². The van der Waals surface area contributed by atoms with Crippen LogP contribution in [-0.2, 0) is 10.5 Å². The molecule has 27 heavy (non-hydrogen) atoms. The second-order valence-electron chi connectivity index (χ2n) is 6.65. The second kappa shape index (κ2) is 7.59. The minimum Gasteiger partial charge on any atom is -0.342 e. The number of fused-ring (bicyclic) bond motifs is 1. The average molecular weight is 387 g/mol. The van der Waals surface area contributed by atoms with Gasteiger partial charge in [-0.3, -0.25) is 9.36 Å². The molecule has 1 fully saturated rings. The van der Waals surface area contributed by atoms with Crippen molar-refractivity contribution in [1.29, 1.82) is 0 Å². The fraction of sp³-hybridized carbons (Fsp3) is 0.444. The Bertz CT molecular complexity index is 1000. The minimum atomic E-state index is -0.0769. The molecule has 1 amide bonds. The predicted molar refractivity (Wildman–Crippen MR) is 103 cm³/mol. The normalized spacial score (nSPS) is 15.5. The predicted octanol–water partition coefficient (Wildman–Crippen LogP) is 2.12. The molecule has 1 N–H and O–H groups in total. The number of aromatic amines is 1. The quantitative estimate of drug-likeness (QED) is 0.720. The standard InChI is InChI=1S/C18H21N5O3S/c1-12-19-16(21-26-12)10-27-11-17(24)22-8-6-13(7-9-22)23-15-5-3-2-4-14(15)20-18(23)25/h2-5,13H,6-11H2,1H3,(H,20,25). The molecule has 9 heteroatoms. The molecule has 1 aliphatic rings. The van der Waals surface area contributed by atoms with E-state index in [9.17, 15) is 9.59 Å². The summed E-state index contributed by atoms with van der Waals surface area (Å²) >= 11 is 1.49. The number of imidazole rings is 1. The largest absolute Gasteiger partial charge is 0.342 e. The van der Waals surface area contributed by atoms with E-state index in [1.807, 2.05) is 33.7 Å². The first-order valence-corrected chi connectivity index (χ1v) is 10.1. The van der Waals surface area contributed by atoms with Gasteiger partial charge in [0.25, 0.3) is 0 Å². The molecule has 1 saturated heterocycles. The number of thioether (sulfide) groups is 1. The zero-order valence-electron chi connectivity index (χ0n) is 15.1. The van der Waals surface area contributed by atoms with E-state index in [1.54, 1.807) is 6.92 Å². The maximum atomic E-state index is 12.4. The summed E-state index contributed by atoms with van der Waals surface area (Å²) < 4.78 is 6.76. The Morgan fingerprint density at radius 3 is 2.85 bits per heavy atom. The lowest BCUT2D eigenvalue weighted by molar-refractivity contribution is -0.129. The van der Waals surface area contributed by atoms with Crippen molar-refractivity contribution >= 4 is 28.7 Å². The first-order chi connectivity index (χ1) is 13.1. The van der Waals surface area contributed by atoms with E-state index in [1.165, 1.54) is 11.8 Å². The topological polar surface area (TPSA) is 97.0 Å². The van der Waals surface area contributed by atoms with E-state index >= 15 is 0 Å². The fourth-order valence-corrected chi connectivity index (χ4v) is 4.29. The van der Waals surface area contributed by atoms with Gasteiger partial charge in [0.1, 0.15) is 0 Å². The molecule has 0 bridgehead atoms. The highest BCUT2D eigenvalue weighted by atomic mass is 32.2. The second-order valence-corrected chi connectivity index (χ2v) is 7.64. The summed E-state index contributed by atoms with van der Waals surface area (Å²) in [5.41, 5.74) is 1.71. The van der Waals surface area contributed by atoms with Gasteiger partial charge in [-0.15, -0.1) is 11.8 Å². The third kappa shape index (κ3) is 3.78. The Labute approximate surface area is 159 Å². The SMILES string of the molecule is Cc1nc(CSCC(=O)N2CCC(n3c(=O)[nH]c4ccccc43)CC2)no1. The lowest BCUT2D eigenvalue weighted by Crippen LogP contribution is -2.41. The minimum absolute atomic E-state index is 0.0769. The third-order valence-electron chi connectivity index (χ3n) is 4.83. The number of carbonyl (C=O) groups excluding carboxylic acids is 1. The number of hydrogen-bond donors (Lipinski definition) is 1. The van der Waals surface area contributed by atoms with Crippen LogP contribution in [0.2, 0.25) is 0 Å². The fourth-order valence-electron chi connectivity index (χ4n) is 3.53. The number of amides is 1. The van der Waals surface area contributed by atoms with E-state index in [4.69, 9.17) is 4.52 Å². The number of H-pyrrole nitrogens is 1. The van der Waals surface area contributed by atoms with Crippen molar-refractivity contribution in [3.05, 3.63) is 46.5 Å². The van der Waals surface area contributed by atoms with E-state index in [-0.39, 0.29) is 17.6 Å². The first kappa shape index (κ1) is 17.8. The van der Waals surface area contributed by atoms with Crippen LogP contribution < -0.4 is 5.69 Å². The summed E-state index contributed by atoms with van der Waals surface area (Å²) in [6, 6.07) is 7.84. The highest BCUT2D eigenvalue weighted by Crippen LogP contribution is 2.25. The molecule has 1 aliphatic heterocycles. The van der Waals surface area contributed by atoms with Gasteiger partial charge in [-0.05, 0) is 25.0 Å². The zero-order chi connectivity index (χ0) is 18.8. The van der Waals surface area contributed by atoms with Gasteiger partial charge in [-0.25, -0.2) is 4.79 Å². The Hall–Kier alpha value is -2.55. The van der Waals surface area contributed by atoms with E-state index in [0.29, 0.717) is 36.3 Å². The molecule has 2 aromatic heterocycles. The Balaban J connectivity index is 1.32. The van der Waals surface area contributed by atoms with E-state index in [2.05, 4.69) is 15.1 Å². The highest BCUT2D eigenvalue weighted by Gasteiger charge is 2.25. The van der Waals surface area contributed by atoms with Gasteiger partial charge >= 0.3 is 5.69 Å². The Kier molecular flexibility index (Phi) is 5.02. The smallest absolute Gasteiger partial charge is 0.326 e. The molecule has 8 nitrogen and oxygen atoms in total. The van der Waals surface area contributed by atoms with Crippen molar-refractivity contribution in [3.8, 4) is 0 Å². The molecule has 0 saturated carbocycles. The molecule has 1 aromatic carbocycles. The molecule has 142 valence electrons. The summed E-state index contributed by atoms with van der Waals surface area (Å²) in [6.45, 7) is 3.07. The van der Waals surface area contributed by atoms with Crippen LogP contribution >= 0.6 is 11.8 Å². The van der Waals surface area contributed by atoms with Crippen molar-refractivity contribution in [1.82, 2.24) is 24.6 Å². The number of hydrogen-bond acceptors (Lipinski definition) is 6. The Morgan fingerprint density at radius 1 is 1.33 bits per heavy atom. The number of nitrogens with zero attached hydrogens (tertiary/aromatic N) is 4. The number of para-hydroxylation sites is 2. The molecule has 4 rings (SSSR count). The van der Waals surface area contributed by atoms with Gasteiger partial charge in [-0.1, -0.05) is 17.3 Å². The zero-order valence-corrected chi connectivity index (χ0v) is 15.9. The molecule has 0 radical (unpaired) electrons. The van der Waals surface area contributed by atoms with Gasteiger partial charge in [0.2, 0.25) is 11.8 Å². The molecule has 0 atom stereocenters. The van der Waals surface area contributed by atoms with Gasteiger partial charge in [0, 0.05) is 26.1 Å². The van der Waals surface area contributed by atoms with Crippen molar-refractivity contribution < 1.29 is 9.32 Å². The number of aryl methyl sites for hydroxylation is 1. The lowest BCUT2D eigenvalue weighted by Gasteiger charge is -2.32. The number of rotatable bonds is 5. The average Bonchev–Trinajstić information content (AvgIpc) is 3.23. The first-order valence-electron chi connectivity index (χ1n) is 8.96. The lowest BCUT2D eigenvalue weighted by atomic mass is 10.0. The summed E-state index contributed by atoms with van der Waals surface area (Å²) in [7, 11) is 0. The van der Waals surface area contributed by atoms with Gasteiger partial charge < -0.3 is 14.4 Å². The maximum absolute atomic E-state index is 12.4. The van der Waals surface area contributed by atoms with Gasteiger partial charge in [0.05, 0.1) is 22.5 Å². The maximum Gasteiger partial charge on any atom is 0.326 e.